The molecule has 29 heavy (non-hydrogen) atoms. The van der Waals surface area contributed by atoms with Crippen molar-refractivity contribution in [1.29, 1.82) is 0 Å². The zero-order valence-electron chi connectivity index (χ0n) is 18.0. The van der Waals surface area contributed by atoms with Crippen LogP contribution in [0.3, 0.4) is 0 Å². The summed E-state index contributed by atoms with van der Waals surface area (Å²) in [6.07, 6.45) is 0. The van der Waals surface area contributed by atoms with E-state index in [-0.39, 0.29) is 16.9 Å². The molecule has 152 valence electrons. The number of anilines is 1. The Bertz CT molecular complexity index is 1290. The quantitative estimate of drug-likeness (QED) is 0.478. The Kier molecular flexibility index (Phi) is 4.33. The van der Waals surface area contributed by atoms with E-state index in [1.807, 2.05) is 16.8 Å². The largest absolute Gasteiger partial charge is 0.382 e. The van der Waals surface area contributed by atoms with Gasteiger partial charge in [0, 0.05) is 17.3 Å². The molecule has 0 bridgehead atoms. The molecule has 0 saturated heterocycles. The highest BCUT2D eigenvalue weighted by molar-refractivity contribution is 5.93. The van der Waals surface area contributed by atoms with Crippen molar-refractivity contribution in [3.05, 3.63) is 56.9 Å². The van der Waals surface area contributed by atoms with Crippen LogP contribution >= 0.6 is 0 Å². The zero-order valence-corrected chi connectivity index (χ0v) is 18.0. The molecule has 2 heterocycles. The van der Waals surface area contributed by atoms with Gasteiger partial charge in [-0.3, -0.25) is 19.7 Å². The number of aryl methyl sites for hydroxylation is 2. The molecule has 0 radical (unpaired) electrons. The lowest BCUT2D eigenvalue weighted by Gasteiger charge is -2.29. The molecule has 6 nitrogen and oxygen atoms in total. The fourth-order valence-corrected chi connectivity index (χ4v) is 4.87. The molecule has 2 aromatic carbocycles. The van der Waals surface area contributed by atoms with Gasteiger partial charge in [0.2, 0.25) is 0 Å². The van der Waals surface area contributed by atoms with E-state index in [1.165, 1.54) is 0 Å². The normalized spacial score (nSPS) is 12.5. The molecule has 4 N–H and O–H groups in total. The highest BCUT2D eigenvalue weighted by atomic mass is 16.1. The van der Waals surface area contributed by atoms with Crippen molar-refractivity contribution in [3.63, 3.8) is 0 Å². The topological polar surface area (TPSA) is 92.5 Å². The first kappa shape index (κ1) is 19.3. The Balaban J connectivity index is 1.90. The highest BCUT2D eigenvalue weighted by Gasteiger charge is 2.29. The standard InChI is InChI=1S/C23H29N5O/c1-12(2)17-13(3)8-10-16-19(17)22(29)27-28(16)11-23(5,6)20-14(4)7-9-15-18(20)21(24)26-25-15/h7-10,12H,11H2,1-6H3,(H,27,29)(H3,24,25,26). The third-order valence-corrected chi connectivity index (χ3v) is 5.97. The number of nitrogens with zero attached hydrogens (tertiary/aromatic N) is 2. The van der Waals surface area contributed by atoms with Crippen LogP contribution in [0.15, 0.2) is 29.1 Å². The maximum atomic E-state index is 12.9. The number of aromatic amines is 2. The Morgan fingerprint density at radius 1 is 1.10 bits per heavy atom. The molecular weight excluding hydrogens is 362 g/mol. The second-order valence-electron chi connectivity index (χ2n) is 9.04. The minimum Gasteiger partial charge on any atom is -0.382 e. The molecule has 0 atom stereocenters. The summed E-state index contributed by atoms with van der Waals surface area (Å²) < 4.78 is 1.98. The zero-order chi connectivity index (χ0) is 21.1. The van der Waals surface area contributed by atoms with E-state index in [1.54, 1.807) is 0 Å². The van der Waals surface area contributed by atoms with Gasteiger partial charge < -0.3 is 5.73 Å². The molecule has 0 unspecified atom stereocenters. The van der Waals surface area contributed by atoms with Crippen molar-refractivity contribution in [1.82, 2.24) is 20.0 Å². The summed E-state index contributed by atoms with van der Waals surface area (Å²) >= 11 is 0. The predicted molar refractivity (Wildman–Crippen MR) is 120 cm³/mol. The monoisotopic (exact) mass is 391 g/mol. The summed E-state index contributed by atoms with van der Waals surface area (Å²) in [6.45, 7) is 13.4. The summed E-state index contributed by atoms with van der Waals surface area (Å²) in [7, 11) is 0. The molecule has 4 rings (SSSR count). The molecule has 0 aliphatic carbocycles. The second-order valence-corrected chi connectivity index (χ2v) is 9.04. The van der Waals surface area contributed by atoms with E-state index in [2.05, 4.69) is 69.0 Å². The van der Waals surface area contributed by atoms with Crippen LogP contribution in [0.4, 0.5) is 5.82 Å². The minimum atomic E-state index is -0.278. The van der Waals surface area contributed by atoms with Gasteiger partial charge in [0.15, 0.2) is 5.82 Å². The summed E-state index contributed by atoms with van der Waals surface area (Å²) in [5, 5.41) is 12.1. The molecule has 6 heteroatoms. The summed E-state index contributed by atoms with van der Waals surface area (Å²) in [5.74, 6) is 0.792. The third-order valence-electron chi connectivity index (χ3n) is 5.97. The first-order valence-corrected chi connectivity index (χ1v) is 10.1. The van der Waals surface area contributed by atoms with Crippen molar-refractivity contribution >= 4 is 27.6 Å². The van der Waals surface area contributed by atoms with Crippen molar-refractivity contribution in [3.8, 4) is 0 Å². The highest BCUT2D eigenvalue weighted by Crippen LogP contribution is 2.37. The molecule has 0 spiro atoms. The Hall–Kier alpha value is -3.02. The van der Waals surface area contributed by atoms with Gasteiger partial charge in [-0.2, -0.15) is 5.10 Å². The summed E-state index contributed by atoms with van der Waals surface area (Å²) in [5.41, 5.74) is 12.4. The van der Waals surface area contributed by atoms with E-state index >= 15 is 0 Å². The van der Waals surface area contributed by atoms with Crippen molar-refractivity contribution in [2.24, 2.45) is 0 Å². The van der Waals surface area contributed by atoms with Crippen LogP contribution in [0, 0.1) is 13.8 Å². The van der Waals surface area contributed by atoms with Gasteiger partial charge in [0.1, 0.15) is 0 Å². The van der Waals surface area contributed by atoms with Crippen LogP contribution in [0.25, 0.3) is 21.8 Å². The Morgan fingerprint density at radius 3 is 2.48 bits per heavy atom. The number of nitrogen functional groups attached to an aromatic ring is 1. The molecule has 0 aliphatic rings. The predicted octanol–water partition coefficient (Wildman–Crippen LogP) is 4.51. The maximum absolute atomic E-state index is 12.9. The van der Waals surface area contributed by atoms with Gasteiger partial charge in [0.25, 0.3) is 5.56 Å². The average Bonchev–Trinajstić information content (AvgIpc) is 3.14. The van der Waals surface area contributed by atoms with E-state index < -0.39 is 0 Å². The van der Waals surface area contributed by atoms with E-state index in [0.29, 0.717) is 12.4 Å². The number of aromatic nitrogens is 4. The average molecular weight is 392 g/mol. The van der Waals surface area contributed by atoms with Gasteiger partial charge in [-0.05, 0) is 54.2 Å². The first-order chi connectivity index (χ1) is 13.6. The molecule has 0 aliphatic heterocycles. The van der Waals surface area contributed by atoms with Crippen LogP contribution in [0.5, 0.6) is 0 Å². The Labute approximate surface area is 170 Å². The molecule has 0 saturated carbocycles. The van der Waals surface area contributed by atoms with Gasteiger partial charge >= 0.3 is 0 Å². The van der Waals surface area contributed by atoms with Crippen LogP contribution in [-0.2, 0) is 12.0 Å². The van der Waals surface area contributed by atoms with E-state index in [4.69, 9.17) is 5.73 Å². The molecule has 0 amide bonds. The van der Waals surface area contributed by atoms with Crippen molar-refractivity contribution in [2.45, 2.75) is 59.4 Å². The fourth-order valence-electron chi connectivity index (χ4n) is 4.87. The lowest BCUT2D eigenvalue weighted by Crippen LogP contribution is -2.27. The van der Waals surface area contributed by atoms with Crippen LogP contribution < -0.4 is 11.3 Å². The lowest BCUT2D eigenvalue weighted by molar-refractivity contribution is 0.416. The van der Waals surface area contributed by atoms with Gasteiger partial charge in [0.05, 0.1) is 16.4 Å². The van der Waals surface area contributed by atoms with Gasteiger partial charge in [-0.25, -0.2) is 0 Å². The maximum Gasteiger partial charge on any atom is 0.272 e. The van der Waals surface area contributed by atoms with Crippen molar-refractivity contribution in [2.75, 3.05) is 5.73 Å². The lowest BCUT2D eigenvalue weighted by atomic mass is 9.80. The minimum absolute atomic E-state index is 0.0269. The van der Waals surface area contributed by atoms with Crippen LogP contribution in [0.2, 0.25) is 0 Å². The Morgan fingerprint density at radius 2 is 1.79 bits per heavy atom. The molecule has 2 aromatic heterocycles. The third kappa shape index (κ3) is 2.94. The van der Waals surface area contributed by atoms with Gasteiger partial charge in [-0.15, -0.1) is 0 Å². The number of nitrogens with two attached hydrogens (primary N) is 1. The number of nitrogens with one attached hydrogen (secondary N) is 2. The number of fused-ring (bicyclic) bond motifs is 2. The van der Waals surface area contributed by atoms with E-state index in [0.717, 1.165) is 44.1 Å². The van der Waals surface area contributed by atoms with Gasteiger partial charge in [-0.1, -0.05) is 39.8 Å². The number of H-pyrrole nitrogens is 2. The summed E-state index contributed by atoms with van der Waals surface area (Å²) in [6, 6.07) is 8.25. The SMILES string of the molecule is Cc1ccc2[nH]nc(N)c2c1C(C)(C)Cn1[nH]c(=O)c2c(C(C)C)c(C)ccc21. The fraction of sp³-hybridized carbons (Fsp3) is 0.391. The van der Waals surface area contributed by atoms with Crippen molar-refractivity contribution < 1.29 is 0 Å². The number of benzene rings is 2. The molecule has 0 fully saturated rings. The van der Waals surface area contributed by atoms with Crippen LogP contribution in [-0.4, -0.2) is 20.0 Å². The molecule has 4 aromatic rings. The number of hydrogen-bond acceptors (Lipinski definition) is 3. The molecular formula is C23H29N5O. The first-order valence-electron chi connectivity index (χ1n) is 10.1. The number of rotatable bonds is 4. The van der Waals surface area contributed by atoms with E-state index in [9.17, 15) is 4.79 Å². The van der Waals surface area contributed by atoms with Crippen LogP contribution in [0.1, 0.15) is 55.9 Å². The smallest absolute Gasteiger partial charge is 0.272 e. The second kappa shape index (κ2) is 6.51. The number of hydrogen-bond donors (Lipinski definition) is 3. The summed E-state index contributed by atoms with van der Waals surface area (Å²) in [4.78, 5) is 12.9.